The van der Waals surface area contributed by atoms with Crippen molar-refractivity contribution in [1.82, 2.24) is 4.90 Å². The molecule has 2 aliphatic heterocycles. The third-order valence-electron chi connectivity index (χ3n) is 4.51. The molecule has 2 heterocycles. The minimum Gasteiger partial charge on any atom is -0.492 e. The number of nitrogens with zero attached hydrogens (tertiary/aromatic N) is 2. The minimum atomic E-state index is -0.682. The summed E-state index contributed by atoms with van der Waals surface area (Å²) in [6.45, 7) is 2.77. The first-order chi connectivity index (χ1) is 10.6. The zero-order valence-corrected chi connectivity index (χ0v) is 13.0. The van der Waals surface area contributed by atoms with Gasteiger partial charge in [-0.15, -0.1) is 0 Å². The van der Waals surface area contributed by atoms with Crippen LogP contribution in [0.2, 0.25) is 0 Å². The maximum Gasteiger partial charge on any atom is 0.232 e. The molecule has 1 aromatic carbocycles. The van der Waals surface area contributed by atoms with Crippen molar-refractivity contribution in [2.24, 2.45) is 0 Å². The third kappa shape index (κ3) is 2.16. The highest BCUT2D eigenvalue weighted by Gasteiger charge is 2.42. The molecule has 22 heavy (non-hydrogen) atoms. The van der Waals surface area contributed by atoms with Gasteiger partial charge in [-0.2, -0.15) is 0 Å². The van der Waals surface area contributed by atoms with E-state index in [0.29, 0.717) is 23.7 Å². The summed E-state index contributed by atoms with van der Waals surface area (Å²) >= 11 is 0. The maximum atomic E-state index is 11.5. The first-order valence-electron chi connectivity index (χ1n) is 7.41. The minimum absolute atomic E-state index is 0.154. The van der Waals surface area contributed by atoms with E-state index in [1.807, 2.05) is 24.9 Å². The fraction of sp³-hybridized carbons (Fsp3) is 0.600. The molecule has 3 rings (SSSR count). The Morgan fingerprint density at radius 3 is 2.95 bits per heavy atom. The molecule has 7 nitrogen and oxygen atoms in total. The fourth-order valence-electron chi connectivity index (χ4n) is 3.44. The number of nitro groups is 1. The lowest BCUT2D eigenvalue weighted by atomic mass is 9.86. The molecule has 7 heteroatoms. The monoisotopic (exact) mass is 308 g/mol. The van der Waals surface area contributed by atoms with Crippen molar-refractivity contribution in [3.63, 3.8) is 0 Å². The fourth-order valence-corrected chi connectivity index (χ4v) is 3.44. The van der Waals surface area contributed by atoms with Crippen LogP contribution < -0.4 is 14.2 Å². The Hall–Kier alpha value is -2.02. The van der Waals surface area contributed by atoms with Crippen LogP contribution >= 0.6 is 0 Å². The summed E-state index contributed by atoms with van der Waals surface area (Å²) in [5.41, 5.74) is 1.91. The Bertz CT molecular complexity index is 604. The molecule has 0 spiro atoms. The second kappa shape index (κ2) is 5.64. The molecule has 0 amide bonds. The van der Waals surface area contributed by atoms with Crippen molar-refractivity contribution in [2.75, 3.05) is 27.5 Å². The molecule has 0 fully saturated rings. The standard InChI is InChI=1S/C15H20N2O5/c1-4-10(17(18)19)13-12-9(5-6-16(13)2)7-11-14(15(12)20-3)22-8-21-11/h7,10,13H,4-6,8H2,1-3H3. The highest BCUT2D eigenvalue weighted by atomic mass is 16.7. The van der Waals surface area contributed by atoms with Crippen LogP contribution in [-0.4, -0.2) is 43.4 Å². The molecule has 0 aliphatic carbocycles. The van der Waals surface area contributed by atoms with E-state index in [2.05, 4.69) is 0 Å². The van der Waals surface area contributed by atoms with Crippen LogP contribution in [0.5, 0.6) is 17.2 Å². The van der Waals surface area contributed by atoms with Gasteiger partial charge in [0.2, 0.25) is 18.6 Å². The molecule has 0 bridgehead atoms. The highest BCUT2D eigenvalue weighted by Crippen LogP contribution is 2.50. The Labute approximate surface area is 128 Å². The third-order valence-corrected chi connectivity index (χ3v) is 4.51. The molecular weight excluding hydrogens is 288 g/mol. The van der Waals surface area contributed by atoms with Gasteiger partial charge in [0, 0.05) is 23.5 Å². The largest absolute Gasteiger partial charge is 0.492 e. The first kappa shape index (κ1) is 14.9. The van der Waals surface area contributed by atoms with Crippen LogP contribution in [0.3, 0.4) is 0 Å². The van der Waals surface area contributed by atoms with Gasteiger partial charge in [0.05, 0.1) is 7.11 Å². The van der Waals surface area contributed by atoms with Gasteiger partial charge < -0.3 is 14.2 Å². The van der Waals surface area contributed by atoms with Crippen molar-refractivity contribution in [3.05, 3.63) is 27.3 Å². The smallest absolute Gasteiger partial charge is 0.232 e. The number of hydrogen-bond acceptors (Lipinski definition) is 6. The van der Waals surface area contributed by atoms with E-state index in [1.165, 1.54) is 0 Å². The summed E-state index contributed by atoms with van der Waals surface area (Å²) in [4.78, 5) is 13.3. The van der Waals surface area contributed by atoms with Crippen molar-refractivity contribution in [1.29, 1.82) is 0 Å². The van der Waals surface area contributed by atoms with E-state index in [4.69, 9.17) is 14.2 Å². The van der Waals surface area contributed by atoms with Gasteiger partial charge in [-0.1, -0.05) is 6.92 Å². The number of likely N-dealkylation sites (N-methyl/N-ethyl adjacent to an activating group) is 1. The molecule has 0 N–H and O–H groups in total. The summed E-state index contributed by atoms with van der Waals surface area (Å²) in [6.07, 6.45) is 1.27. The summed E-state index contributed by atoms with van der Waals surface area (Å²) in [6, 6.07) is 0.930. The number of ether oxygens (including phenoxy) is 3. The normalized spacial score (nSPS) is 21.3. The van der Waals surface area contributed by atoms with Crippen LogP contribution in [0.4, 0.5) is 0 Å². The summed E-state index contributed by atoms with van der Waals surface area (Å²) in [5, 5.41) is 11.5. The summed E-state index contributed by atoms with van der Waals surface area (Å²) in [5.74, 6) is 1.79. The number of benzene rings is 1. The van der Waals surface area contributed by atoms with Crippen LogP contribution in [0.1, 0.15) is 30.5 Å². The zero-order valence-electron chi connectivity index (χ0n) is 13.0. The van der Waals surface area contributed by atoms with Crippen molar-refractivity contribution >= 4 is 0 Å². The van der Waals surface area contributed by atoms with Crippen molar-refractivity contribution in [3.8, 4) is 17.2 Å². The summed E-state index contributed by atoms with van der Waals surface area (Å²) < 4.78 is 16.5. The Balaban J connectivity index is 2.18. The van der Waals surface area contributed by atoms with Gasteiger partial charge in [-0.25, -0.2) is 0 Å². The van der Waals surface area contributed by atoms with Crippen LogP contribution in [-0.2, 0) is 6.42 Å². The molecule has 0 radical (unpaired) electrons. The average Bonchev–Trinajstić information content (AvgIpc) is 2.95. The number of rotatable bonds is 4. The van der Waals surface area contributed by atoms with E-state index < -0.39 is 6.04 Å². The predicted molar refractivity (Wildman–Crippen MR) is 79.3 cm³/mol. The molecule has 1 aromatic rings. The molecule has 2 aliphatic rings. The Morgan fingerprint density at radius 2 is 2.32 bits per heavy atom. The predicted octanol–water partition coefficient (Wildman–Crippen LogP) is 2.01. The lowest BCUT2D eigenvalue weighted by Gasteiger charge is -2.36. The molecule has 120 valence electrons. The zero-order chi connectivity index (χ0) is 15.9. The molecule has 0 saturated heterocycles. The van der Waals surface area contributed by atoms with Gasteiger partial charge in [0.1, 0.15) is 6.04 Å². The quantitative estimate of drug-likeness (QED) is 0.626. The van der Waals surface area contributed by atoms with Gasteiger partial charge in [0.15, 0.2) is 11.5 Å². The van der Waals surface area contributed by atoms with E-state index >= 15 is 0 Å². The summed E-state index contributed by atoms with van der Waals surface area (Å²) in [7, 11) is 3.49. The lowest BCUT2D eigenvalue weighted by Crippen LogP contribution is -2.42. The van der Waals surface area contributed by atoms with Crippen LogP contribution in [0, 0.1) is 10.1 Å². The first-order valence-corrected chi connectivity index (χ1v) is 7.41. The van der Waals surface area contributed by atoms with Crippen LogP contribution in [0.25, 0.3) is 0 Å². The van der Waals surface area contributed by atoms with E-state index in [1.54, 1.807) is 7.11 Å². The highest BCUT2D eigenvalue weighted by molar-refractivity contribution is 5.62. The second-order valence-electron chi connectivity index (χ2n) is 5.65. The van der Waals surface area contributed by atoms with Crippen molar-refractivity contribution in [2.45, 2.75) is 31.8 Å². The van der Waals surface area contributed by atoms with Crippen molar-refractivity contribution < 1.29 is 19.1 Å². The van der Waals surface area contributed by atoms with Gasteiger partial charge in [-0.05, 0) is 25.1 Å². The van der Waals surface area contributed by atoms with Gasteiger partial charge >= 0.3 is 0 Å². The van der Waals surface area contributed by atoms with Crippen LogP contribution in [0.15, 0.2) is 6.07 Å². The van der Waals surface area contributed by atoms with E-state index in [9.17, 15) is 10.1 Å². The van der Waals surface area contributed by atoms with E-state index in [-0.39, 0.29) is 17.8 Å². The molecule has 0 saturated carbocycles. The van der Waals surface area contributed by atoms with Gasteiger partial charge in [0.25, 0.3) is 0 Å². The topological polar surface area (TPSA) is 74.1 Å². The number of methoxy groups -OCH3 is 1. The Kier molecular flexibility index (Phi) is 3.82. The lowest BCUT2D eigenvalue weighted by molar-refractivity contribution is -0.532. The molecular formula is C15H20N2O5. The van der Waals surface area contributed by atoms with E-state index in [0.717, 1.165) is 24.1 Å². The maximum absolute atomic E-state index is 11.5. The molecule has 2 atom stereocenters. The SMILES string of the molecule is CCC(C1c2c(cc3c(c2OC)OCO3)CCN1C)[N+](=O)[O-]. The second-order valence-corrected chi connectivity index (χ2v) is 5.65. The number of fused-ring (bicyclic) bond motifs is 2. The van der Waals surface area contributed by atoms with Gasteiger partial charge in [-0.3, -0.25) is 15.0 Å². The number of hydrogen-bond donors (Lipinski definition) is 0. The Morgan fingerprint density at radius 1 is 1.55 bits per heavy atom. The molecule has 2 unspecified atom stereocenters. The molecule has 0 aromatic heterocycles. The average molecular weight is 308 g/mol.